The van der Waals surface area contributed by atoms with Gasteiger partial charge in [-0.3, -0.25) is 0 Å². The minimum atomic E-state index is -0.433. The van der Waals surface area contributed by atoms with Crippen LogP contribution in [0, 0.1) is 0 Å². The van der Waals surface area contributed by atoms with Gasteiger partial charge < -0.3 is 9.47 Å². The van der Waals surface area contributed by atoms with Gasteiger partial charge in [-0.1, -0.05) is 44.2 Å². The molecule has 5 nitrogen and oxygen atoms in total. The number of rotatable bonds is 7. The molecule has 5 heteroatoms. The van der Waals surface area contributed by atoms with Crippen molar-refractivity contribution in [2.24, 2.45) is 0 Å². The Morgan fingerprint density at radius 1 is 1.14 bits per heavy atom. The first kappa shape index (κ1) is 15.9. The summed E-state index contributed by atoms with van der Waals surface area (Å²) in [6, 6.07) is 9.94. The minimum absolute atomic E-state index is 0.272. The first-order chi connectivity index (χ1) is 10.7. The molecule has 0 aliphatic carbocycles. The lowest BCUT2D eigenvalue weighted by Gasteiger charge is -2.16. The number of hydrogen-bond acceptors (Lipinski definition) is 5. The topological polar surface area (TPSA) is 61.3 Å². The number of benzene rings is 1. The molecule has 0 amide bonds. The summed E-state index contributed by atoms with van der Waals surface area (Å²) in [5.74, 6) is -0.433. The van der Waals surface area contributed by atoms with E-state index in [1.807, 2.05) is 44.2 Å². The number of esters is 1. The molecule has 1 aromatic carbocycles. The van der Waals surface area contributed by atoms with Crippen molar-refractivity contribution in [3.63, 3.8) is 0 Å². The molecule has 0 saturated heterocycles. The van der Waals surface area contributed by atoms with Crippen molar-refractivity contribution < 1.29 is 14.3 Å². The predicted octanol–water partition coefficient (Wildman–Crippen LogP) is 3.57. The van der Waals surface area contributed by atoms with Gasteiger partial charge in [0.15, 0.2) is 0 Å². The van der Waals surface area contributed by atoms with Gasteiger partial charge in [-0.05, 0) is 18.4 Å². The molecule has 0 aliphatic rings. The fraction of sp³-hybridized carbons (Fsp3) is 0.353. The summed E-state index contributed by atoms with van der Waals surface area (Å²) < 4.78 is 10.8. The highest BCUT2D eigenvalue weighted by Gasteiger charge is 2.17. The lowest BCUT2D eigenvalue weighted by Crippen LogP contribution is -2.12. The van der Waals surface area contributed by atoms with Crippen LogP contribution in [-0.4, -0.2) is 22.5 Å². The molecule has 116 valence electrons. The predicted molar refractivity (Wildman–Crippen MR) is 82.7 cm³/mol. The zero-order valence-electron chi connectivity index (χ0n) is 12.9. The largest absolute Gasteiger partial charge is 0.463 e. The van der Waals surface area contributed by atoms with Gasteiger partial charge in [0.25, 0.3) is 0 Å². The van der Waals surface area contributed by atoms with Gasteiger partial charge in [-0.25, -0.2) is 14.8 Å². The number of carbonyl (C=O) groups is 1. The molecule has 0 aliphatic heterocycles. The molecule has 2 rings (SSSR count). The maximum Gasteiger partial charge on any atom is 0.341 e. The lowest BCUT2D eigenvalue weighted by molar-refractivity contribution is 0.0286. The van der Waals surface area contributed by atoms with Crippen molar-refractivity contribution in [2.75, 3.05) is 6.61 Å². The van der Waals surface area contributed by atoms with Crippen LogP contribution in [0.15, 0.2) is 42.7 Å². The van der Waals surface area contributed by atoms with E-state index >= 15 is 0 Å². The van der Waals surface area contributed by atoms with Crippen LogP contribution >= 0.6 is 0 Å². The molecule has 2 aromatic rings. The molecule has 1 atom stereocenters. The molecule has 0 fully saturated rings. The Balaban J connectivity index is 2.01. The molecular weight excluding hydrogens is 280 g/mol. The lowest BCUT2D eigenvalue weighted by atomic mass is 10.1. The molecule has 1 heterocycles. The Morgan fingerprint density at radius 2 is 1.82 bits per heavy atom. The molecule has 0 N–H and O–H groups in total. The maximum absolute atomic E-state index is 12.2. The number of nitrogens with zero attached hydrogens (tertiary/aromatic N) is 2. The number of ether oxygens (including phenoxy) is 2. The Bertz CT molecular complexity index is 585. The number of aromatic nitrogens is 2. The van der Waals surface area contributed by atoms with Crippen molar-refractivity contribution in [2.45, 2.75) is 32.8 Å². The van der Waals surface area contributed by atoms with E-state index in [9.17, 15) is 4.79 Å². The molecule has 1 unspecified atom stereocenters. The van der Waals surface area contributed by atoms with Gasteiger partial charge in [0, 0.05) is 12.4 Å². The summed E-state index contributed by atoms with van der Waals surface area (Å²) in [6.07, 6.45) is 4.16. The monoisotopic (exact) mass is 300 g/mol. The standard InChI is InChI=1S/C17H20N2O3/c1-3-10-21-17-18-11-14(12-19-17)16(20)22-15(4-2)13-8-6-5-7-9-13/h5-9,11-12,15H,3-4,10H2,1-2H3. The molecule has 0 bridgehead atoms. The van der Waals surface area contributed by atoms with Gasteiger partial charge >= 0.3 is 12.0 Å². The molecule has 0 saturated carbocycles. The SMILES string of the molecule is CCCOc1ncc(C(=O)OC(CC)c2ccccc2)cn1. The van der Waals surface area contributed by atoms with Gasteiger partial charge in [0.1, 0.15) is 6.10 Å². The van der Waals surface area contributed by atoms with Crippen molar-refractivity contribution >= 4 is 5.97 Å². The van der Waals surface area contributed by atoms with Gasteiger partial charge in [0.05, 0.1) is 12.2 Å². The highest BCUT2D eigenvalue weighted by atomic mass is 16.5. The fourth-order valence-corrected chi connectivity index (χ4v) is 1.94. The summed E-state index contributed by atoms with van der Waals surface area (Å²) in [7, 11) is 0. The van der Waals surface area contributed by atoms with Crippen molar-refractivity contribution in [1.82, 2.24) is 9.97 Å². The molecule has 0 spiro atoms. The third-order valence-corrected chi connectivity index (χ3v) is 3.09. The van der Waals surface area contributed by atoms with Crippen molar-refractivity contribution in [3.8, 4) is 6.01 Å². The summed E-state index contributed by atoms with van der Waals surface area (Å²) in [6.45, 7) is 4.53. The third kappa shape index (κ3) is 4.28. The van der Waals surface area contributed by atoms with E-state index in [-0.39, 0.29) is 12.1 Å². The third-order valence-electron chi connectivity index (χ3n) is 3.09. The smallest absolute Gasteiger partial charge is 0.341 e. The van der Waals surface area contributed by atoms with Crippen molar-refractivity contribution in [1.29, 1.82) is 0 Å². The van der Waals surface area contributed by atoms with Crippen LogP contribution in [0.4, 0.5) is 0 Å². The van der Waals surface area contributed by atoms with Gasteiger partial charge in [-0.15, -0.1) is 0 Å². The van der Waals surface area contributed by atoms with Crippen LogP contribution in [0.1, 0.15) is 48.7 Å². The maximum atomic E-state index is 12.2. The van der Waals surface area contributed by atoms with Gasteiger partial charge in [0.2, 0.25) is 0 Å². The zero-order chi connectivity index (χ0) is 15.8. The first-order valence-corrected chi connectivity index (χ1v) is 7.45. The second-order valence-electron chi connectivity index (χ2n) is 4.82. The second kappa shape index (κ2) is 8.12. The normalized spacial score (nSPS) is 11.7. The average molecular weight is 300 g/mol. The average Bonchev–Trinajstić information content (AvgIpc) is 2.58. The molecule has 22 heavy (non-hydrogen) atoms. The van der Waals surface area contributed by atoms with Crippen LogP contribution in [0.3, 0.4) is 0 Å². The molecule has 0 radical (unpaired) electrons. The van der Waals surface area contributed by atoms with Crippen LogP contribution in [0.2, 0.25) is 0 Å². The number of carbonyl (C=O) groups excluding carboxylic acids is 1. The number of hydrogen-bond donors (Lipinski definition) is 0. The van der Waals surface area contributed by atoms with E-state index in [4.69, 9.17) is 9.47 Å². The molecule has 1 aromatic heterocycles. The van der Waals surface area contributed by atoms with E-state index in [0.717, 1.165) is 12.0 Å². The fourth-order valence-electron chi connectivity index (χ4n) is 1.94. The van der Waals surface area contributed by atoms with E-state index < -0.39 is 5.97 Å². The van der Waals surface area contributed by atoms with Crippen LogP contribution in [-0.2, 0) is 4.74 Å². The van der Waals surface area contributed by atoms with Crippen LogP contribution in [0.5, 0.6) is 6.01 Å². The van der Waals surface area contributed by atoms with Gasteiger partial charge in [-0.2, -0.15) is 0 Å². The first-order valence-electron chi connectivity index (χ1n) is 7.45. The zero-order valence-corrected chi connectivity index (χ0v) is 12.9. The molecular formula is C17H20N2O3. The second-order valence-corrected chi connectivity index (χ2v) is 4.82. The highest BCUT2D eigenvalue weighted by molar-refractivity contribution is 5.88. The van der Waals surface area contributed by atoms with E-state index in [0.29, 0.717) is 18.6 Å². The van der Waals surface area contributed by atoms with E-state index in [1.165, 1.54) is 12.4 Å². The Hall–Kier alpha value is -2.43. The summed E-state index contributed by atoms with van der Waals surface area (Å²) in [5.41, 5.74) is 1.29. The summed E-state index contributed by atoms with van der Waals surface area (Å²) in [5, 5.41) is 0. The Labute approximate surface area is 130 Å². The van der Waals surface area contributed by atoms with Crippen LogP contribution < -0.4 is 4.74 Å². The Morgan fingerprint density at radius 3 is 2.41 bits per heavy atom. The quantitative estimate of drug-likeness (QED) is 0.731. The van der Waals surface area contributed by atoms with E-state index in [1.54, 1.807) is 0 Å². The minimum Gasteiger partial charge on any atom is -0.463 e. The highest BCUT2D eigenvalue weighted by Crippen LogP contribution is 2.22. The Kier molecular flexibility index (Phi) is 5.89. The van der Waals surface area contributed by atoms with Crippen molar-refractivity contribution in [3.05, 3.63) is 53.9 Å². The van der Waals surface area contributed by atoms with Crippen LogP contribution in [0.25, 0.3) is 0 Å². The summed E-state index contributed by atoms with van der Waals surface area (Å²) >= 11 is 0. The summed E-state index contributed by atoms with van der Waals surface area (Å²) in [4.78, 5) is 20.2. The van der Waals surface area contributed by atoms with E-state index in [2.05, 4.69) is 9.97 Å².